The van der Waals surface area contributed by atoms with Crippen LogP contribution in [-0.4, -0.2) is 37.9 Å². The minimum Gasteiger partial charge on any atom is -0.448 e. The number of ether oxygens (including phenoxy) is 1. The van der Waals surface area contributed by atoms with E-state index in [0.29, 0.717) is 0 Å². The molecule has 0 aromatic carbocycles. The summed E-state index contributed by atoms with van der Waals surface area (Å²) in [5.74, 6) is 1.16. The zero-order valence-corrected chi connectivity index (χ0v) is 8.27. The van der Waals surface area contributed by atoms with Crippen LogP contribution in [0.4, 0.5) is 17.3 Å². The van der Waals surface area contributed by atoms with Gasteiger partial charge >= 0.3 is 13.2 Å². The Kier molecular flexibility index (Phi) is 5.56. The second-order valence-corrected chi connectivity index (χ2v) is 2.85. The first kappa shape index (κ1) is 13.3. The number of hydrogen-bond acceptors (Lipinski definition) is 1. The molecule has 0 saturated carbocycles. The number of halogens is 4. The molecule has 0 radical (unpaired) electrons. The van der Waals surface area contributed by atoms with E-state index in [1.165, 1.54) is 6.42 Å². The Morgan fingerprint density at radius 2 is 1.86 bits per heavy atom. The third kappa shape index (κ3) is 7.88. The highest BCUT2D eigenvalue weighted by Gasteiger charge is 2.20. The van der Waals surface area contributed by atoms with Gasteiger partial charge in [-0.25, -0.2) is 4.58 Å². The molecule has 1 aliphatic rings. The minimum atomic E-state index is -6.00. The topological polar surface area (TPSA) is 12.2 Å². The maximum atomic E-state index is 9.75. The summed E-state index contributed by atoms with van der Waals surface area (Å²) < 4.78 is 46.5. The Bertz CT molecular complexity index is 198. The highest BCUT2D eigenvalue weighted by molar-refractivity contribution is 6.50. The first-order valence-corrected chi connectivity index (χ1v) is 4.41. The van der Waals surface area contributed by atoms with Crippen LogP contribution in [0.1, 0.15) is 19.8 Å². The summed E-state index contributed by atoms with van der Waals surface area (Å²) in [4.78, 5) is 0. The molecule has 0 amide bonds. The second kappa shape index (κ2) is 5.88. The van der Waals surface area contributed by atoms with E-state index in [9.17, 15) is 17.3 Å². The molecule has 1 rings (SSSR count). The summed E-state index contributed by atoms with van der Waals surface area (Å²) in [5, 5.41) is 0. The fraction of sp³-hybridized carbons (Fsp3) is 0.857. The van der Waals surface area contributed by atoms with E-state index >= 15 is 0 Å². The van der Waals surface area contributed by atoms with Crippen LogP contribution in [0.25, 0.3) is 0 Å². The smallest absolute Gasteiger partial charge is 0.448 e. The Labute approximate surface area is 80.7 Å². The van der Waals surface area contributed by atoms with E-state index in [1.54, 1.807) is 0 Å². The van der Waals surface area contributed by atoms with Crippen molar-refractivity contribution in [1.82, 2.24) is 0 Å². The van der Waals surface area contributed by atoms with Gasteiger partial charge in [0.2, 0.25) is 0 Å². The van der Waals surface area contributed by atoms with Crippen molar-refractivity contribution in [1.29, 1.82) is 0 Å². The van der Waals surface area contributed by atoms with Gasteiger partial charge in [-0.05, 0) is 6.92 Å². The van der Waals surface area contributed by atoms with Gasteiger partial charge in [0, 0.05) is 6.42 Å². The normalized spacial score (nSPS) is 16.4. The molecule has 0 N–H and O–H groups in total. The van der Waals surface area contributed by atoms with Gasteiger partial charge in [-0.2, -0.15) is 0 Å². The molecule has 0 saturated heterocycles. The van der Waals surface area contributed by atoms with Crippen LogP contribution in [0.2, 0.25) is 0 Å². The highest BCUT2D eigenvalue weighted by Crippen LogP contribution is 2.06. The molecular weight excluding hydrogens is 201 g/mol. The zero-order valence-electron chi connectivity index (χ0n) is 8.27. The molecule has 84 valence electrons. The fourth-order valence-corrected chi connectivity index (χ4v) is 1.13. The molecule has 2 nitrogen and oxygen atoms in total. The van der Waals surface area contributed by atoms with Crippen LogP contribution < -0.4 is 0 Å². The molecule has 0 aromatic heterocycles. The summed E-state index contributed by atoms with van der Waals surface area (Å²) >= 11 is 0. The lowest BCUT2D eigenvalue weighted by Crippen LogP contribution is -2.12. The summed E-state index contributed by atoms with van der Waals surface area (Å²) in [6.45, 7) is 3.99. The average molecular weight is 215 g/mol. The Morgan fingerprint density at radius 3 is 2.14 bits per heavy atom. The average Bonchev–Trinajstić information content (AvgIpc) is 2.34. The molecule has 0 aliphatic carbocycles. The van der Waals surface area contributed by atoms with Crippen molar-refractivity contribution >= 4 is 13.2 Å². The molecule has 0 bridgehead atoms. The first-order valence-electron chi connectivity index (χ1n) is 4.41. The van der Waals surface area contributed by atoms with Crippen LogP contribution in [-0.2, 0) is 4.74 Å². The third-order valence-corrected chi connectivity index (χ3v) is 1.62. The Hall–Kier alpha value is -0.745. The number of nitrogens with zero attached hydrogens (tertiary/aromatic N) is 1. The molecule has 1 heterocycles. The molecular formula is C7H14BF4NO. The number of hydrogen-bond donors (Lipinski definition) is 0. The van der Waals surface area contributed by atoms with Crippen molar-refractivity contribution in [2.24, 2.45) is 0 Å². The van der Waals surface area contributed by atoms with Crippen molar-refractivity contribution in [2.45, 2.75) is 19.8 Å². The van der Waals surface area contributed by atoms with Crippen LogP contribution >= 0.6 is 0 Å². The van der Waals surface area contributed by atoms with Gasteiger partial charge in [0.05, 0.1) is 13.0 Å². The van der Waals surface area contributed by atoms with E-state index < -0.39 is 7.25 Å². The quantitative estimate of drug-likeness (QED) is 0.370. The molecule has 0 aromatic rings. The van der Waals surface area contributed by atoms with Crippen molar-refractivity contribution < 1.29 is 26.6 Å². The minimum absolute atomic E-state index is 0.805. The first-order chi connectivity index (χ1) is 6.34. The lowest BCUT2D eigenvalue weighted by Gasteiger charge is -1.96. The van der Waals surface area contributed by atoms with E-state index in [0.717, 1.165) is 25.5 Å². The maximum absolute atomic E-state index is 9.75. The molecule has 14 heavy (non-hydrogen) atoms. The van der Waals surface area contributed by atoms with Crippen LogP contribution in [0.15, 0.2) is 0 Å². The largest absolute Gasteiger partial charge is 0.673 e. The Balaban J connectivity index is 0.000000292. The predicted octanol–water partition coefficient (Wildman–Crippen LogP) is 2.16. The van der Waals surface area contributed by atoms with Crippen LogP contribution in [0.5, 0.6) is 0 Å². The van der Waals surface area contributed by atoms with Gasteiger partial charge in [-0.1, -0.05) is 0 Å². The SMILES string of the molecule is CCOC1=[N+](C)CCC1.F[B-](F)(F)F. The summed E-state index contributed by atoms with van der Waals surface area (Å²) in [5.41, 5.74) is 0. The Morgan fingerprint density at radius 1 is 1.36 bits per heavy atom. The van der Waals surface area contributed by atoms with Crippen molar-refractivity contribution in [3.05, 3.63) is 0 Å². The molecule has 7 heteroatoms. The standard InChI is InChI=1S/C7H14NO.BF4/c1-3-9-7-5-4-6-8(7)2;2-1(3,4)5/h3-6H2,1-2H3;/q+1;-1. The van der Waals surface area contributed by atoms with Crippen molar-refractivity contribution in [3.8, 4) is 0 Å². The monoisotopic (exact) mass is 215 g/mol. The predicted molar refractivity (Wildman–Crippen MR) is 47.1 cm³/mol. The zero-order chi connectivity index (χ0) is 11.2. The van der Waals surface area contributed by atoms with Gasteiger partial charge in [0.15, 0.2) is 0 Å². The summed E-state index contributed by atoms with van der Waals surface area (Å²) in [6, 6.07) is 0. The van der Waals surface area contributed by atoms with Crippen molar-refractivity contribution in [2.75, 3.05) is 20.2 Å². The van der Waals surface area contributed by atoms with E-state index in [-0.39, 0.29) is 0 Å². The van der Waals surface area contributed by atoms with E-state index in [1.807, 2.05) is 6.92 Å². The van der Waals surface area contributed by atoms with Crippen LogP contribution in [0.3, 0.4) is 0 Å². The van der Waals surface area contributed by atoms with Gasteiger partial charge in [-0.15, -0.1) is 0 Å². The highest BCUT2D eigenvalue weighted by atomic mass is 19.5. The molecule has 1 aliphatic heterocycles. The molecule has 0 unspecified atom stereocenters. The van der Waals surface area contributed by atoms with Gasteiger partial charge in [-0.3, -0.25) is 0 Å². The van der Waals surface area contributed by atoms with E-state index in [4.69, 9.17) is 4.74 Å². The van der Waals surface area contributed by atoms with Gasteiger partial charge < -0.3 is 22.0 Å². The third-order valence-electron chi connectivity index (χ3n) is 1.62. The van der Waals surface area contributed by atoms with Gasteiger partial charge in [0.1, 0.15) is 13.6 Å². The molecule has 0 atom stereocenters. The molecule has 0 fully saturated rings. The fourth-order valence-electron chi connectivity index (χ4n) is 1.13. The van der Waals surface area contributed by atoms with Crippen molar-refractivity contribution in [3.63, 3.8) is 0 Å². The van der Waals surface area contributed by atoms with E-state index in [2.05, 4.69) is 11.6 Å². The van der Waals surface area contributed by atoms with Crippen LogP contribution in [0, 0.1) is 0 Å². The lowest BCUT2D eigenvalue weighted by molar-refractivity contribution is -0.497. The number of rotatable bonds is 1. The molecule has 0 spiro atoms. The van der Waals surface area contributed by atoms with Gasteiger partial charge in [0.25, 0.3) is 0 Å². The summed E-state index contributed by atoms with van der Waals surface area (Å²) in [7, 11) is -3.92. The lowest BCUT2D eigenvalue weighted by atomic mass is 10.3. The summed E-state index contributed by atoms with van der Waals surface area (Å²) in [6.07, 6.45) is 2.39. The second-order valence-electron chi connectivity index (χ2n) is 2.85. The maximum Gasteiger partial charge on any atom is 0.673 e.